The Kier molecular flexibility index (Phi) is 4.50. The van der Waals surface area contributed by atoms with Gasteiger partial charge in [-0.15, -0.1) is 0 Å². The molecule has 1 amide bonds. The second-order valence-electron chi connectivity index (χ2n) is 6.85. The maximum Gasteiger partial charge on any atom is 0.301 e. The van der Waals surface area contributed by atoms with Gasteiger partial charge >= 0.3 is 5.91 Å². The van der Waals surface area contributed by atoms with Gasteiger partial charge in [0.1, 0.15) is 17.3 Å². The van der Waals surface area contributed by atoms with E-state index in [1.54, 1.807) is 37.3 Å². The molecule has 0 aliphatic carbocycles. The first-order chi connectivity index (χ1) is 13.9. The first kappa shape index (κ1) is 18.6. The number of aliphatic hydroxyl groups excluding tert-OH is 1. The van der Waals surface area contributed by atoms with Gasteiger partial charge in [0.05, 0.1) is 11.6 Å². The van der Waals surface area contributed by atoms with Crippen LogP contribution in [0.15, 0.2) is 64.7 Å². The number of aromatic nitrogens is 1. The highest BCUT2D eigenvalue weighted by molar-refractivity contribution is 6.51. The van der Waals surface area contributed by atoms with Crippen LogP contribution in [0.3, 0.4) is 0 Å². The zero-order valence-corrected chi connectivity index (χ0v) is 15.7. The molecule has 0 saturated carbocycles. The van der Waals surface area contributed by atoms with Gasteiger partial charge in [0.15, 0.2) is 5.82 Å². The molecule has 1 saturated heterocycles. The molecule has 29 heavy (non-hydrogen) atoms. The molecule has 0 spiro atoms. The molecule has 1 atom stereocenters. The van der Waals surface area contributed by atoms with E-state index in [2.05, 4.69) is 5.16 Å². The molecule has 7 heteroatoms. The molecular formula is C22H17FN2O4. The highest BCUT2D eigenvalue weighted by atomic mass is 19.1. The van der Waals surface area contributed by atoms with Crippen LogP contribution >= 0.6 is 0 Å². The SMILES string of the molecule is Cc1ccc(/C(O)=C2\C(=O)C(=O)N(c3cc(C)on3)[C@H]2c2ccccc2F)cc1. The molecule has 2 heterocycles. The van der Waals surface area contributed by atoms with E-state index in [0.29, 0.717) is 11.3 Å². The zero-order chi connectivity index (χ0) is 20.7. The summed E-state index contributed by atoms with van der Waals surface area (Å²) < 4.78 is 19.7. The quantitative estimate of drug-likeness (QED) is 0.413. The minimum Gasteiger partial charge on any atom is -0.507 e. The average molecular weight is 392 g/mol. The molecular weight excluding hydrogens is 375 g/mol. The monoisotopic (exact) mass is 392 g/mol. The molecule has 1 aliphatic heterocycles. The fourth-order valence-corrected chi connectivity index (χ4v) is 3.39. The van der Waals surface area contributed by atoms with Crippen molar-refractivity contribution in [3.8, 4) is 0 Å². The van der Waals surface area contributed by atoms with Gasteiger partial charge in [-0.2, -0.15) is 0 Å². The van der Waals surface area contributed by atoms with Crippen molar-refractivity contribution in [2.45, 2.75) is 19.9 Å². The third-order valence-electron chi connectivity index (χ3n) is 4.83. The van der Waals surface area contributed by atoms with Crippen LogP contribution in [0.25, 0.3) is 5.76 Å². The number of benzene rings is 2. The number of anilines is 1. The van der Waals surface area contributed by atoms with E-state index >= 15 is 0 Å². The highest BCUT2D eigenvalue weighted by Crippen LogP contribution is 2.42. The molecule has 2 aromatic carbocycles. The summed E-state index contributed by atoms with van der Waals surface area (Å²) in [5.74, 6) is -2.33. The number of Topliss-reactive ketones (excluding diaryl/α,β-unsaturated/α-hetero) is 1. The molecule has 1 aliphatic rings. The minimum atomic E-state index is -1.18. The third kappa shape index (κ3) is 3.10. The van der Waals surface area contributed by atoms with Gasteiger partial charge in [0, 0.05) is 17.2 Å². The summed E-state index contributed by atoms with van der Waals surface area (Å²) in [4.78, 5) is 26.8. The van der Waals surface area contributed by atoms with Gasteiger partial charge in [-0.25, -0.2) is 4.39 Å². The predicted molar refractivity (Wildman–Crippen MR) is 104 cm³/mol. The molecule has 1 aromatic heterocycles. The summed E-state index contributed by atoms with van der Waals surface area (Å²) in [6.07, 6.45) is 0. The summed E-state index contributed by atoms with van der Waals surface area (Å²) in [5, 5.41) is 14.7. The van der Waals surface area contributed by atoms with Crippen LogP contribution in [0.1, 0.15) is 28.5 Å². The van der Waals surface area contributed by atoms with E-state index in [-0.39, 0.29) is 22.7 Å². The first-order valence-electron chi connectivity index (χ1n) is 8.94. The van der Waals surface area contributed by atoms with Crippen molar-refractivity contribution in [1.82, 2.24) is 5.16 Å². The number of nitrogens with zero attached hydrogens (tertiary/aromatic N) is 2. The Labute approximate surface area is 165 Å². The maximum absolute atomic E-state index is 14.7. The first-order valence-corrected chi connectivity index (χ1v) is 8.94. The fraction of sp³-hybridized carbons (Fsp3) is 0.136. The Balaban J connectivity index is 1.97. The van der Waals surface area contributed by atoms with Crippen molar-refractivity contribution in [2.24, 2.45) is 0 Å². The van der Waals surface area contributed by atoms with Crippen LogP contribution < -0.4 is 4.90 Å². The van der Waals surface area contributed by atoms with Crippen LogP contribution in [0.4, 0.5) is 10.2 Å². The molecule has 146 valence electrons. The molecule has 3 aromatic rings. The van der Waals surface area contributed by atoms with E-state index in [1.807, 2.05) is 6.92 Å². The lowest BCUT2D eigenvalue weighted by molar-refractivity contribution is -0.132. The number of halogens is 1. The van der Waals surface area contributed by atoms with E-state index in [1.165, 1.54) is 24.3 Å². The van der Waals surface area contributed by atoms with Crippen LogP contribution in [-0.4, -0.2) is 22.0 Å². The second-order valence-corrected chi connectivity index (χ2v) is 6.85. The van der Waals surface area contributed by atoms with Crippen molar-refractivity contribution >= 4 is 23.3 Å². The summed E-state index contributed by atoms with van der Waals surface area (Å²) in [5.41, 5.74) is 1.18. The summed E-state index contributed by atoms with van der Waals surface area (Å²) in [6, 6.07) is 12.9. The molecule has 1 N–H and O–H groups in total. The highest BCUT2D eigenvalue weighted by Gasteiger charge is 2.48. The molecule has 4 rings (SSSR count). The minimum absolute atomic E-state index is 0.0702. The van der Waals surface area contributed by atoms with Gasteiger partial charge in [0.25, 0.3) is 5.78 Å². The Morgan fingerprint density at radius 1 is 1.10 bits per heavy atom. The number of carbonyl (C=O) groups excluding carboxylic acids is 2. The van der Waals surface area contributed by atoms with E-state index in [9.17, 15) is 19.1 Å². The van der Waals surface area contributed by atoms with Crippen molar-refractivity contribution in [2.75, 3.05) is 4.90 Å². The normalized spacial score (nSPS) is 18.4. The lowest BCUT2D eigenvalue weighted by Crippen LogP contribution is -2.30. The van der Waals surface area contributed by atoms with Gasteiger partial charge in [-0.3, -0.25) is 14.5 Å². The lowest BCUT2D eigenvalue weighted by Gasteiger charge is -2.23. The van der Waals surface area contributed by atoms with Gasteiger partial charge in [-0.05, 0) is 19.9 Å². The number of aryl methyl sites for hydroxylation is 2. The molecule has 0 radical (unpaired) electrons. The van der Waals surface area contributed by atoms with Crippen molar-refractivity contribution in [3.05, 3.63) is 88.4 Å². The Bertz CT molecular complexity index is 1150. The largest absolute Gasteiger partial charge is 0.507 e. The van der Waals surface area contributed by atoms with E-state index in [0.717, 1.165) is 10.5 Å². The maximum atomic E-state index is 14.7. The smallest absolute Gasteiger partial charge is 0.301 e. The van der Waals surface area contributed by atoms with E-state index in [4.69, 9.17) is 4.52 Å². The molecule has 0 bridgehead atoms. The van der Waals surface area contributed by atoms with Crippen molar-refractivity contribution in [1.29, 1.82) is 0 Å². The Hall–Kier alpha value is -3.74. The molecule has 6 nitrogen and oxygen atoms in total. The van der Waals surface area contributed by atoms with E-state index < -0.39 is 23.5 Å². The number of carbonyl (C=O) groups is 2. The Morgan fingerprint density at radius 3 is 2.41 bits per heavy atom. The van der Waals surface area contributed by atoms with Gasteiger partial charge in [0.2, 0.25) is 0 Å². The molecule has 0 unspecified atom stereocenters. The van der Waals surface area contributed by atoms with Crippen molar-refractivity contribution < 1.29 is 23.6 Å². The second kappa shape index (κ2) is 7.01. The topological polar surface area (TPSA) is 83.6 Å². The predicted octanol–water partition coefficient (Wildman–Crippen LogP) is 4.06. The van der Waals surface area contributed by atoms with Gasteiger partial charge < -0.3 is 9.63 Å². The van der Waals surface area contributed by atoms with Crippen molar-refractivity contribution in [3.63, 3.8) is 0 Å². The number of hydrogen-bond acceptors (Lipinski definition) is 5. The third-order valence-corrected chi connectivity index (χ3v) is 4.83. The number of ketones is 1. The number of rotatable bonds is 3. The average Bonchev–Trinajstić information content (AvgIpc) is 3.23. The fourth-order valence-electron chi connectivity index (χ4n) is 3.39. The number of amides is 1. The summed E-state index contributed by atoms with van der Waals surface area (Å²) >= 11 is 0. The molecule has 1 fully saturated rings. The Morgan fingerprint density at radius 2 is 1.79 bits per heavy atom. The number of aliphatic hydroxyl groups is 1. The van der Waals surface area contributed by atoms with Crippen LogP contribution in [0.5, 0.6) is 0 Å². The van der Waals surface area contributed by atoms with Crippen LogP contribution in [-0.2, 0) is 9.59 Å². The zero-order valence-electron chi connectivity index (χ0n) is 15.7. The lowest BCUT2D eigenvalue weighted by atomic mass is 9.94. The standard InChI is InChI=1S/C22H17FN2O4/c1-12-7-9-14(10-8-12)20(26)18-19(15-5-3-4-6-16(15)23)25(22(28)21(18)27)17-11-13(2)29-24-17/h3-11,19,26H,1-2H3/b20-18+/t19-/m0/s1. The van der Waals surface area contributed by atoms with Crippen LogP contribution in [0, 0.1) is 19.7 Å². The number of hydrogen-bond donors (Lipinski definition) is 1. The summed E-state index contributed by atoms with van der Waals surface area (Å²) in [7, 11) is 0. The van der Waals surface area contributed by atoms with Crippen LogP contribution in [0.2, 0.25) is 0 Å². The summed E-state index contributed by atoms with van der Waals surface area (Å²) in [6.45, 7) is 3.52. The van der Waals surface area contributed by atoms with Gasteiger partial charge in [-0.1, -0.05) is 53.2 Å².